The van der Waals surface area contributed by atoms with Gasteiger partial charge in [0.05, 0.1) is 26.1 Å². The van der Waals surface area contributed by atoms with Gasteiger partial charge in [-0.25, -0.2) is 0 Å². The van der Waals surface area contributed by atoms with Crippen molar-refractivity contribution in [1.82, 2.24) is 0 Å². The fraction of sp³-hybridized carbons (Fsp3) is 0.300. The van der Waals surface area contributed by atoms with Crippen LogP contribution in [-0.2, 0) is 19.1 Å². The zero-order valence-electron chi connectivity index (χ0n) is 14.4. The second-order valence-electron chi connectivity index (χ2n) is 5.73. The molecule has 0 saturated carbocycles. The molecule has 0 saturated heterocycles. The normalized spacial score (nSPS) is 13.0. The van der Waals surface area contributed by atoms with Gasteiger partial charge in [0.1, 0.15) is 0 Å². The molecule has 2 aromatic carbocycles. The van der Waals surface area contributed by atoms with Crippen molar-refractivity contribution >= 4 is 11.9 Å². The molecule has 0 heterocycles. The molecule has 0 aliphatic rings. The van der Waals surface area contributed by atoms with Gasteiger partial charge in [0.25, 0.3) is 0 Å². The summed E-state index contributed by atoms with van der Waals surface area (Å²) in [5.41, 5.74) is 3.93. The lowest BCUT2D eigenvalue weighted by atomic mass is 9.95. The van der Waals surface area contributed by atoms with Crippen LogP contribution in [0.1, 0.15) is 36.8 Å². The summed E-state index contributed by atoms with van der Waals surface area (Å²) in [5, 5.41) is 0. The first-order valence-electron chi connectivity index (χ1n) is 7.84. The molecular weight excluding hydrogens is 304 g/mol. The van der Waals surface area contributed by atoms with Crippen molar-refractivity contribution in [2.75, 3.05) is 14.2 Å². The van der Waals surface area contributed by atoms with Crippen LogP contribution in [0.25, 0.3) is 11.1 Å². The molecule has 0 aliphatic heterocycles. The number of benzene rings is 2. The number of hydrogen-bond acceptors (Lipinski definition) is 4. The molecule has 2 rings (SSSR count). The third kappa shape index (κ3) is 3.82. The molecule has 0 fully saturated rings. The first-order valence-corrected chi connectivity index (χ1v) is 7.84. The number of methoxy groups -OCH3 is 2. The number of carbonyl (C=O) groups excluding carboxylic acids is 2. The highest BCUT2D eigenvalue weighted by Gasteiger charge is 2.16. The average molecular weight is 326 g/mol. The van der Waals surface area contributed by atoms with Crippen molar-refractivity contribution in [3.63, 3.8) is 0 Å². The second kappa shape index (κ2) is 7.77. The lowest BCUT2D eigenvalue weighted by Gasteiger charge is -2.12. The van der Waals surface area contributed by atoms with Gasteiger partial charge in [0.2, 0.25) is 0 Å². The highest BCUT2D eigenvalue weighted by Crippen LogP contribution is 2.25. The standard InChI is InChI=1S/C20H22O4/c1-13(19(21)23-3)15-5-9-17(10-6-15)18-11-7-16(8-12-18)14(2)20(22)24-4/h5-14H,1-4H3/t13-,14+. The van der Waals surface area contributed by atoms with Crippen molar-refractivity contribution in [3.8, 4) is 11.1 Å². The summed E-state index contributed by atoms with van der Waals surface area (Å²) < 4.78 is 9.54. The molecule has 0 N–H and O–H groups in total. The highest BCUT2D eigenvalue weighted by atomic mass is 16.5. The van der Waals surface area contributed by atoms with Gasteiger partial charge < -0.3 is 9.47 Å². The molecule has 0 aromatic heterocycles. The lowest BCUT2D eigenvalue weighted by molar-refractivity contribution is -0.142. The summed E-state index contributed by atoms with van der Waals surface area (Å²) in [6.07, 6.45) is 0. The molecule has 0 amide bonds. The van der Waals surface area contributed by atoms with E-state index in [1.807, 2.05) is 62.4 Å². The van der Waals surface area contributed by atoms with Crippen molar-refractivity contribution < 1.29 is 19.1 Å². The Labute approximate surface area is 142 Å². The van der Waals surface area contributed by atoms with Crippen LogP contribution in [-0.4, -0.2) is 26.2 Å². The SMILES string of the molecule is COC(=O)[C@@H](C)c1ccc(-c2ccc([C@@H](C)C(=O)OC)cc2)cc1. The van der Waals surface area contributed by atoms with Crippen LogP contribution >= 0.6 is 0 Å². The molecule has 0 radical (unpaired) electrons. The monoisotopic (exact) mass is 326 g/mol. The van der Waals surface area contributed by atoms with Gasteiger partial charge in [-0.1, -0.05) is 48.5 Å². The van der Waals surface area contributed by atoms with E-state index < -0.39 is 0 Å². The van der Waals surface area contributed by atoms with Gasteiger partial charge in [-0.3, -0.25) is 9.59 Å². The number of ether oxygens (including phenoxy) is 2. The maximum absolute atomic E-state index is 11.6. The highest BCUT2D eigenvalue weighted by molar-refractivity contribution is 5.79. The Morgan fingerprint density at radius 3 is 1.21 bits per heavy atom. The summed E-state index contributed by atoms with van der Waals surface area (Å²) in [6.45, 7) is 3.65. The van der Waals surface area contributed by atoms with E-state index >= 15 is 0 Å². The van der Waals surface area contributed by atoms with E-state index in [0.717, 1.165) is 22.3 Å². The first-order chi connectivity index (χ1) is 11.5. The van der Waals surface area contributed by atoms with E-state index in [2.05, 4.69) is 0 Å². The molecular formula is C20H22O4. The number of rotatable bonds is 5. The summed E-state index contributed by atoms with van der Waals surface area (Å²) in [7, 11) is 2.79. The Hall–Kier alpha value is -2.62. The molecule has 4 nitrogen and oxygen atoms in total. The Bertz CT molecular complexity index is 638. The van der Waals surface area contributed by atoms with Crippen LogP contribution < -0.4 is 0 Å². The van der Waals surface area contributed by atoms with Crippen LogP contribution in [0, 0.1) is 0 Å². The number of carbonyl (C=O) groups is 2. The number of hydrogen-bond donors (Lipinski definition) is 0. The summed E-state index contributed by atoms with van der Waals surface area (Å²) in [6, 6.07) is 15.6. The molecule has 126 valence electrons. The van der Waals surface area contributed by atoms with E-state index in [-0.39, 0.29) is 23.8 Å². The number of esters is 2. The van der Waals surface area contributed by atoms with Gasteiger partial charge in [-0.2, -0.15) is 0 Å². The van der Waals surface area contributed by atoms with Crippen LogP contribution in [0.15, 0.2) is 48.5 Å². The molecule has 0 unspecified atom stereocenters. The molecule has 24 heavy (non-hydrogen) atoms. The van der Waals surface area contributed by atoms with E-state index in [4.69, 9.17) is 9.47 Å². The predicted octanol–water partition coefficient (Wildman–Crippen LogP) is 3.91. The zero-order chi connectivity index (χ0) is 17.7. The minimum atomic E-state index is -0.285. The van der Waals surface area contributed by atoms with E-state index in [9.17, 15) is 9.59 Å². The molecule has 2 atom stereocenters. The molecule has 0 bridgehead atoms. The van der Waals surface area contributed by atoms with Gasteiger partial charge in [0, 0.05) is 0 Å². The fourth-order valence-electron chi connectivity index (χ4n) is 2.55. The maximum Gasteiger partial charge on any atom is 0.312 e. The van der Waals surface area contributed by atoms with Crippen LogP contribution in [0.3, 0.4) is 0 Å². The van der Waals surface area contributed by atoms with E-state index in [1.54, 1.807) is 0 Å². The molecule has 0 spiro atoms. The zero-order valence-corrected chi connectivity index (χ0v) is 14.4. The lowest BCUT2D eigenvalue weighted by Crippen LogP contribution is -2.10. The predicted molar refractivity (Wildman–Crippen MR) is 92.7 cm³/mol. The Morgan fingerprint density at radius 2 is 0.958 bits per heavy atom. The first kappa shape index (κ1) is 17.7. The second-order valence-corrected chi connectivity index (χ2v) is 5.73. The van der Waals surface area contributed by atoms with E-state index in [0.29, 0.717) is 0 Å². The van der Waals surface area contributed by atoms with Crippen LogP contribution in [0.4, 0.5) is 0 Å². The van der Waals surface area contributed by atoms with Gasteiger partial charge in [-0.05, 0) is 36.1 Å². The van der Waals surface area contributed by atoms with Crippen LogP contribution in [0.2, 0.25) is 0 Å². The smallest absolute Gasteiger partial charge is 0.312 e. The van der Waals surface area contributed by atoms with E-state index in [1.165, 1.54) is 14.2 Å². The van der Waals surface area contributed by atoms with Crippen LogP contribution in [0.5, 0.6) is 0 Å². The third-order valence-electron chi connectivity index (χ3n) is 4.26. The molecule has 0 aliphatic carbocycles. The van der Waals surface area contributed by atoms with Gasteiger partial charge in [-0.15, -0.1) is 0 Å². The minimum absolute atomic E-state index is 0.246. The van der Waals surface area contributed by atoms with Crippen molar-refractivity contribution in [3.05, 3.63) is 59.7 Å². The topological polar surface area (TPSA) is 52.6 Å². The van der Waals surface area contributed by atoms with Gasteiger partial charge in [0.15, 0.2) is 0 Å². The molecule has 2 aromatic rings. The Morgan fingerprint density at radius 1 is 0.667 bits per heavy atom. The quantitative estimate of drug-likeness (QED) is 0.782. The summed E-state index contributed by atoms with van der Waals surface area (Å²) in [5.74, 6) is -1.06. The average Bonchev–Trinajstić information content (AvgIpc) is 2.65. The van der Waals surface area contributed by atoms with Crippen molar-refractivity contribution in [2.45, 2.75) is 25.7 Å². The minimum Gasteiger partial charge on any atom is -0.469 e. The Kier molecular flexibility index (Phi) is 5.74. The fourth-order valence-corrected chi connectivity index (χ4v) is 2.55. The largest absolute Gasteiger partial charge is 0.469 e. The molecule has 4 heteroatoms. The summed E-state index contributed by atoms with van der Waals surface area (Å²) >= 11 is 0. The summed E-state index contributed by atoms with van der Waals surface area (Å²) in [4.78, 5) is 23.2. The van der Waals surface area contributed by atoms with Gasteiger partial charge >= 0.3 is 11.9 Å². The van der Waals surface area contributed by atoms with Crippen molar-refractivity contribution in [1.29, 1.82) is 0 Å². The van der Waals surface area contributed by atoms with Crippen molar-refractivity contribution in [2.24, 2.45) is 0 Å². The Balaban J connectivity index is 2.17. The maximum atomic E-state index is 11.6. The third-order valence-corrected chi connectivity index (χ3v) is 4.26.